The molecule has 1 aliphatic rings. The molecule has 0 saturated carbocycles. The molecular formula is C19H25N3O2. The molecule has 5 nitrogen and oxygen atoms in total. The fourth-order valence-electron chi connectivity index (χ4n) is 3.24. The topological polar surface area (TPSA) is 54.5 Å². The van der Waals surface area contributed by atoms with Gasteiger partial charge in [-0.05, 0) is 32.4 Å². The first-order chi connectivity index (χ1) is 11.5. The Morgan fingerprint density at radius 3 is 2.75 bits per heavy atom. The third-order valence-corrected chi connectivity index (χ3v) is 4.46. The molecule has 0 radical (unpaired) electrons. The number of hydrogen-bond donors (Lipinski definition) is 1. The van der Waals surface area contributed by atoms with Gasteiger partial charge in [-0.15, -0.1) is 0 Å². The molecule has 1 saturated heterocycles. The van der Waals surface area contributed by atoms with Gasteiger partial charge in [-0.25, -0.2) is 0 Å². The number of para-hydroxylation sites is 1. The predicted octanol–water partition coefficient (Wildman–Crippen LogP) is 2.38. The molecule has 3 rings (SSSR count). The third kappa shape index (κ3) is 3.74. The van der Waals surface area contributed by atoms with Crippen molar-refractivity contribution in [2.45, 2.75) is 26.3 Å². The number of ether oxygens (including phenoxy) is 1. The lowest BCUT2D eigenvalue weighted by Gasteiger charge is -2.35. The molecule has 1 fully saturated rings. The van der Waals surface area contributed by atoms with E-state index in [9.17, 15) is 4.79 Å². The van der Waals surface area contributed by atoms with Gasteiger partial charge in [0.2, 0.25) is 0 Å². The van der Waals surface area contributed by atoms with Gasteiger partial charge < -0.3 is 10.1 Å². The van der Waals surface area contributed by atoms with Crippen molar-refractivity contribution < 1.29 is 9.53 Å². The number of carbonyl (C=O) groups is 1. The molecule has 2 heterocycles. The highest BCUT2D eigenvalue weighted by atomic mass is 16.5. The summed E-state index contributed by atoms with van der Waals surface area (Å²) in [6, 6.07) is 7.90. The van der Waals surface area contributed by atoms with Crippen LogP contribution in [0.2, 0.25) is 0 Å². The number of nitrogens with one attached hydrogen (secondary N) is 1. The number of carbonyl (C=O) groups excluding carboxylic acids is 1. The van der Waals surface area contributed by atoms with Crippen LogP contribution >= 0.6 is 0 Å². The van der Waals surface area contributed by atoms with Crippen LogP contribution in [0.15, 0.2) is 30.5 Å². The van der Waals surface area contributed by atoms with Crippen molar-refractivity contribution in [2.75, 3.05) is 32.8 Å². The van der Waals surface area contributed by atoms with Crippen LogP contribution in [-0.4, -0.2) is 54.2 Å². The molecule has 0 unspecified atom stereocenters. The average Bonchev–Trinajstić information content (AvgIpc) is 2.55. The van der Waals surface area contributed by atoms with Crippen LogP contribution in [0.4, 0.5) is 0 Å². The molecule has 5 heteroatoms. The molecule has 2 aromatic rings. The van der Waals surface area contributed by atoms with Crippen LogP contribution in [0.5, 0.6) is 0 Å². The second-order valence-corrected chi connectivity index (χ2v) is 7.04. The second kappa shape index (κ2) is 6.87. The fraction of sp³-hybridized carbons (Fsp3) is 0.474. The van der Waals surface area contributed by atoms with E-state index >= 15 is 0 Å². The van der Waals surface area contributed by atoms with Crippen LogP contribution in [0.1, 0.15) is 29.8 Å². The Kier molecular flexibility index (Phi) is 4.83. The van der Waals surface area contributed by atoms with Crippen molar-refractivity contribution >= 4 is 16.8 Å². The van der Waals surface area contributed by atoms with E-state index in [1.54, 1.807) is 6.20 Å². The number of aryl methyl sites for hydroxylation is 1. The summed E-state index contributed by atoms with van der Waals surface area (Å²) >= 11 is 0. The normalized spacial score (nSPS) is 16.3. The Balaban J connectivity index is 1.75. The summed E-state index contributed by atoms with van der Waals surface area (Å²) in [5.41, 5.74) is 2.22. The summed E-state index contributed by atoms with van der Waals surface area (Å²) in [6.45, 7) is 10.3. The third-order valence-electron chi connectivity index (χ3n) is 4.46. The maximum Gasteiger partial charge on any atom is 0.253 e. The Morgan fingerprint density at radius 1 is 1.29 bits per heavy atom. The smallest absolute Gasteiger partial charge is 0.253 e. The quantitative estimate of drug-likeness (QED) is 0.937. The van der Waals surface area contributed by atoms with Crippen LogP contribution in [-0.2, 0) is 4.74 Å². The summed E-state index contributed by atoms with van der Waals surface area (Å²) in [5, 5.41) is 4.19. The minimum absolute atomic E-state index is 0.0657. The van der Waals surface area contributed by atoms with Gasteiger partial charge in [-0.3, -0.25) is 14.7 Å². The number of morpholine rings is 1. The largest absolute Gasteiger partial charge is 0.379 e. The summed E-state index contributed by atoms with van der Waals surface area (Å²) in [6.07, 6.45) is 1.68. The molecule has 1 aromatic heterocycles. The van der Waals surface area contributed by atoms with E-state index < -0.39 is 0 Å². The van der Waals surface area contributed by atoms with Gasteiger partial charge in [-0.2, -0.15) is 0 Å². The Morgan fingerprint density at radius 2 is 2.00 bits per heavy atom. The molecule has 24 heavy (non-hydrogen) atoms. The number of amides is 1. The molecule has 0 atom stereocenters. The average molecular weight is 327 g/mol. The molecule has 1 aliphatic heterocycles. The van der Waals surface area contributed by atoms with Crippen molar-refractivity contribution in [2.24, 2.45) is 0 Å². The molecule has 1 aromatic carbocycles. The van der Waals surface area contributed by atoms with Gasteiger partial charge in [-0.1, -0.05) is 18.2 Å². The Labute approximate surface area is 143 Å². The van der Waals surface area contributed by atoms with E-state index in [0.29, 0.717) is 5.56 Å². The number of nitrogens with zero attached hydrogens (tertiary/aromatic N) is 2. The number of pyridine rings is 1. The van der Waals surface area contributed by atoms with E-state index in [-0.39, 0.29) is 11.4 Å². The van der Waals surface area contributed by atoms with Crippen molar-refractivity contribution in [1.29, 1.82) is 0 Å². The van der Waals surface area contributed by atoms with E-state index in [2.05, 4.69) is 29.0 Å². The highest BCUT2D eigenvalue weighted by Gasteiger charge is 2.26. The van der Waals surface area contributed by atoms with Crippen molar-refractivity contribution in [3.8, 4) is 0 Å². The Bertz CT molecular complexity index is 736. The minimum Gasteiger partial charge on any atom is -0.379 e. The fourth-order valence-corrected chi connectivity index (χ4v) is 3.24. The number of hydrogen-bond acceptors (Lipinski definition) is 4. The number of fused-ring (bicyclic) bond motifs is 1. The van der Waals surface area contributed by atoms with Gasteiger partial charge >= 0.3 is 0 Å². The zero-order valence-electron chi connectivity index (χ0n) is 14.6. The highest BCUT2D eigenvalue weighted by Crippen LogP contribution is 2.20. The molecule has 0 bridgehead atoms. The lowest BCUT2D eigenvalue weighted by molar-refractivity contribution is 0.0269. The first kappa shape index (κ1) is 16.9. The molecule has 0 aliphatic carbocycles. The lowest BCUT2D eigenvalue weighted by atomic mass is 10.0. The highest BCUT2D eigenvalue weighted by molar-refractivity contribution is 6.00. The maximum atomic E-state index is 12.8. The van der Waals surface area contributed by atoms with Crippen molar-refractivity contribution in [1.82, 2.24) is 15.2 Å². The zero-order valence-corrected chi connectivity index (χ0v) is 14.6. The second-order valence-electron chi connectivity index (χ2n) is 7.04. The van der Waals surface area contributed by atoms with Gasteiger partial charge in [0.1, 0.15) is 0 Å². The summed E-state index contributed by atoms with van der Waals surface area (Å²) in [5.74, 6) is -0.0657. The maximum absolute atomic E-state index is 12.8. The predicted molar refractivity (Wildman–Crippen MR) is 95.3 cm³/mol. The SMILES string of the molecule is Cc1c(C(=O)NC(C)(C)CN2CCOCC2)cnc2ccccc12. The monoisotopic (exact) mass is 327 g/mol. The number of aromatic nitrogens is 1. The van der Waals surface area contributed by atoms with E-state index in [4.69, 9.17) is 4.74 Å². The lowest BCUT2D eigenvalue weighted by Crippen LogP contribution is -2.53. The first-order valence-electron chi connectivity index (χ1n) is 8.43. The van der Waals surface area contributed by atoms with Gasteiger partial charge in [0.15, 0.2) is 0 Å². The van der Waals surface area contributed by atoms with Gasteiger partial charge in [0.25, 0.3) is 5.91 Å². The summed E-state index contributed by atoms with van der Waals surface area (Å²) < 4.78 is 5.38. The van der Waals surface area contributed by atoms with Gasteiger partial charge in [0.05, 0.1) is 24.3 Å². The molecule has 1 N–H and O–H groups in total. The van der Waals surface area contributed by atoms with Crippen LogP contribution < -0.4 is 5.32 Å². The van der Waals surface area contributed by atoms with Crippen LogP contribution in [0.3, 0.4) is 0 Å². The summed E-state index contributed by atoms with van der Waals surface area (Å²) in [7, 11) is 0. The zero-order chi connectivity index (χ0) is 17.2. The van der Waals surface area contributed by atoms with Crippen molar-refractivity contribution in [3.05, 3.63) is 41.6 Å². The van der Waals surface area contributed by atoms with E-state index in [1.807, 2.05) is 31.2 Å². The van der Waals surface area contributed by atoms with Crippen LogP contribution in [0, 0.1) is 6.92 Å². The van der Waals surface area contributed by atoms with Crippen molar-refractivity contribution in [3.63, 3.8) is 0 Å². The Hall–Kier alpha value is -1.98. The first-order valence-corrected chi connectivity index (χ1v) is 8.43. The van der Waals surface area contributed by atoms with E-state index in [1.165, 1.54) is 0 Å². The standard InChI is InChI=1S/C19H25N3O2/c1-14-15-6-4-5-7-17(15)20-12-16(14)18(23)21-19(2,3)13-22-8-10-24-11-9-22/h4-7,12H,8-11,13H2,1-3H3,(H,21,23). The molecule has 1 amide bonds. The van der Waals surface area contributed by atoms with E-state index in [0.717, 1.165) is 49.3 Å². The molecule has 128 valence electrons. The van der Waals surface area contributed by atoms with Crippen LogP contribution in [0.25, 0.3) is 10.9 Å². The molecule has 0 spiro atoms. The number of rotatable bonds is 4. The number of benzene rings is 1. The summed E-state index contributed by atoms with van der Waals surface area (Å²) in [4.78, 5) is 19.5. The molecular weight excluding hydrogens is 302 g/mol. The minimum atomic E-state index is -0.313. The van der Waals surface area contributed by atoms with Gasteiger partial charge in [0, 0.05) is 36.8 Å².